The molecule has 4 rings (SSSR count). The third-order valence-corrected chi connectivity index (χ3v) is 4.94. The number of hydrogen-bond acceptors (Lipinski definition) is 4. The number of nitrogens with zero attached hydrogens (tertiary/aromatic N) is 2. The molecule has 2 heterocycles. The summed E-state index contributed by atoms with van der Waals surface area (Å²) in [6.07, 6.45) is 8.75. The monoisotopic (exact) mass is 338 g/mol. The summed E-state index contributed by atoms with van der Waals surface area (Å²) < 4.78 is 7.82. The summed E-state index contributed by atoms with van der Waals surface area (Å²) in [6, 6.07) is 9.53. The molecule has 0 saturated heterocycles. The molecule has 0 unspecified atom stereocenters. The highest BCUT2D eigenvalue weighted by Gasteiger charge is 2.37. The smallest absolute Gasteiger partial charge is 0.270 e. The van der Waals surface area contributed by atoms with Crippen LogP contribution >= 0.6 is 0 Å². The lowest BCUT2D eigenvalue weighted by molar-refractivity contribution is -0.384. The van der Waals surface area contributed by atoms with Gasteiger partial charge in [-0.05, 0) is 43.9 Å². The molecule has 25 heavy (non-hydrogen) atoms. The van der Waals surface area contributed by atoms with E-state index in [9.17, 15) is 14.9 Å². The van der Waals surface area contributed by atoms with E-state index in [-0.39, 0.29) is 11.2 Å². The van der Waals surface area contributed by atoms with Crippen molar-refractivity contribution in [2.24, 2.45) is 0 Å². The number of ether oxygens (including phenoxy) is 1. The van der Waals surface area contributed by atoms with Gasteiger partial charge in [-0.1, -0.05) is 12.5 Å². The van der Waals surface area contributed by atoms with Crippen LogP contribution in [0.5, 0.6) is 5.75 Å². The number of hydrogen-bond donors (Lipinski definition) is 0. The van der Waals surface area contributed by atoms with Crippen LogP contribution in [0.4, 0.5) is 5.69 Å². The molecule has 0 N–H and O–H groups in total. The van der Waals surface area contributed by atoms with Crippen molar-refractivity contribution in [3.8, 4) is 5.75 Å². The maximum Gasteiger partial charge on any atom is 0.270 e. The van der Waals surface area contributed by atoms with Crippen LogP contribution in [-0.4, -0.2) is 15.1 Å². The molecule has 1 aromatic heterocycles. The van der Waals surface area contributed by atoms with Gasteiger partial charge in [0.15, 0.2) is 0 Å². The van der Waals surface area contributed by atoms with Crippen LogP contribution in [0.1, 0.15) is 37.7 Å². The zero-order chi connectivity index (χ0) is 17.4. The first-order chi connectivity index (χ1) is 12.1. The number of non-ortho nitro benzene ring substituents is 1. The Morgan fingerprint density at radius 2 is 1.92 bits per heavy atom. The average molecular weight is 338 g/mol. The Bertz CT molecular complexity index is 923. The highest BCUT2D eigenvalue weighted by atomic mass is 16.6. The maximum atomic E-state index is 12.4. The molecule has 1 aliphatic heterocycles. The van der Waals surface area contributed by atoms with Crippen LogP contribution in [0.2, 0.25) is 0 Å². The summed E-state index contributed by atoms with van der Waals surface area (Å²) in [4.78, 5) is 23.1. The van der Waals surface area contributed by atoms with Gasteiger partial charge >= 0.3 is 0 Å². The molecular weight excluding hydrogens is 320 g/mol. The Kier molecular flexibility index (Phi) is 3.67. The van der Waals surface area contributed by atoms with Crippen molar-refractivity contribution in [2.45, 2.75) is 37.7 Å². The van der Waals surface area contributed by atoms with E-state index in [0.717, 1.165) is 25.7 Å². The van der Waals surface area contributed by atoms with Crippen LogP contribution in [0.25, 0.3) is 5.70 Å². The van der Waals surface area contributed by atoms with E-state index >= 15 is 0 Å². The van der Waals surface area contributed by atoms with E-state index < -0.39 is 10.5 Å². The van der Waals surface area contributed by atoms with Gasteiger partial charge in [0.25, 0.3) is 11.2 Å². The standard InChI is InChI=1S/C19H18N2O4/c22-18-6-2-5-11-20(18)16-13-19(9-3-1-4-10-19)25-17-8-7-14(21(23)24)12-15(16)17/h2,5-8,11-13H,1,3-4,9-10H2. The van der Waals surface area contributed by atoms with Gasteiger partial charge in [0, 0.05) is 30.0 Å². The molecule has 0 amide bonds. The fourth-order valence-electron chi connectivity index (χ4n) is 3.72. The average Bonchev–Trinajstić information content (AvgIpc) is 2.62. The molecular formula is C19H18N2O4. The van der Waals surface area contributed by atoms with Crippen LogP contribution in [0.15, 0.2) is 53.5 Å². The minimum atomic E-state index is -0.438. The number of aromatic nitrogens is 1. The van der Waals surface area contributed by atoms with E-state index in [0.29, 0.717) is 17.0 Å². The molecule has 1 saturated carbocycles. The molecule has 2 aliphatic rings. The fraction of sp³-hybridized carbons (Fsp3) is 0.316. The molecule has 0 atom stereocenters. The number of fused-ring (bicyclic) bond motifs is 1. The molecule has 6 nitrogen and oxygen atoms in total. The zero-order valence-corrected chi connectivity index (χ0v) is 13.7. The van der Waals surface area contributed by atoms with E-state index in [4.69, 9.17) is 4.74 Å². The molecule has 128 valence electrons. The number of rotatable bonds is 2. The van der Waals surface area contributed by atoms with Crippen molar-refractivity contribution in [3.63, 3.8) is 0 Å². The highest BCUT2D eigenvalue weighted by Crippen LogP contribution is 2.44. The van der Waals surface area contributed by atoms with Gasteiger partial charge in [-0.25, -0.2) is 0 Å². The predicted molar refractivity (Wildman–Crippen MR) is 93.6 cm³/mol. The van der Waals surface area contributed by atoms with Crippen molar-refractivity contribution in [1.29, 1.82) is 0 Å². The van der Waals surface area contributed by atoms with Gasteiger partial charge in [0.1, 0.15) is 11.4 Å². The summed E-state index contributed by atoms with van der Waals surface area (Å²) in [5, 5.41) is 11.2. The molecule has 1 spiro atoms. The summed E-state index contributed by atoms with van der Waals surface area (Å²) in [7, 11) is 0. The summed E-state index contributed by atoms with van der Waals surface area (Å²) in [6.45, 7) is 0. The Labute approximate surface area is 144 Å². The Morgan fingerprint density at radius 3 is 2.64 bits per heavy atom. The third-order valence-electron chi connectivity index (χ3n) is 4.94. The quantitative estimate of drug-likeness (QED) is 0.617. The van der Waals surface area contributed by atoms with Crippen LogP contribution in [0, 0.1) is 10.1 Å². The van der Waals surface area contributed by atoms with Gasteiger partial charge in [-0.2, -0.15) is 0 Å². The van der Waals surface area contributed by atoms with E-state index in [1.807, 2.05) is 6.08 Å². The number of nitro benzene ring substituents is 1. The largest absolute Gasteiger partial charge is 0.482 e. The van der Waals surface area contributed by atoms with Gasteiger partial charge in [0.2, 0.25) is 0 Å². The predicted octanol–water partition coefficient (Wildman–Crippen LogP) is 3.74. The maximum absolute atomic E-state index is 12.4. The third kappa shape index (κ3) is 2.73. The molecule has 0 radical (unpaired) electrons. The Balaban J connectivity index is 1.93. The second-order valence-corrected chi connectivity index (χ2v) is 6.60. The topological polar surface area (TPSA) is 74.4 Å². The summed E-state index contributed by atoms with van der Waals surface area (Å²) in [5.41, 5.74) is 0.624. The minimum Gasteiger partial charge on any atom is -0.482 e. The van der Waals surface area contributed by atoms with Gasteiger partial charge in [0.05, 0.1) is 10.6 Å². The lowest BCUT2D eigenvalue weighted by atomic mass is 9.82. The molecule has 1 aliphatic carbocycles. The van der Waals surface area contributed by atoms with Gasteiger partial charge in [-0.15, -0.1) is 0 Å². The van der Waals surface area contributed by atoms with Crippen molar-refractivity contribution in [2.75, 3.05) is 0 Å². The van der Waals surface area contributed by atoms with Crippen molar-refractivity contribution in [3.05, 3.63) is 74.7 Å². The minimum absolute atomic E-state index is 0.0168. The SMILES string of the molecule is O=c1ccccn1C1=CC2(CCCCC2)Oc2ccc([N+](=O)[O-])cc21. The zero-order valence-electron chi connectivity index (χ0n) is 13.7. The number of pyridine rings is 1. The van der Waals surface area contributed by atoms with E-state index in [2.05, 4.69) is 0 Å². The molecule has 2 aromatic rings. The van der Waals surface area contributed by atoms with Crippen LogP contribution < -0.4 is 10.3 Å². The normalized spacial score (nSPS) is 18.2. The Hall–Kier alpha value is -2.89. The van der Waals surface area contributed by atoms with Gasteiger partial charge in [-0.3, -0.25) is 19.5 Å². The first-order valence-corrected chi connectivity index (χ1v) is 8.47. The summed E-state index contributed by atoms with van der Waals surface area (Å²) in [5.74, 6) is 0.598. The molecule has 1 aromatic carbocycles. The second kappa shape index (κ2) is 5.88. The van der Waals surface area contributed by atoms with Crippen molar-refractivity contribution < 1.29 is 9.66 Å². The van der Waals surface area contributed by atoms with Crippen molar-refractivity contribution >= 4 is 11.4 Å². The van der Waals surface area contributed by atoms with Crippen molar-refractivity contribution in [1.82, 2.24) is 4.57 Å². The lowest BCUT2D eigenvalue weighted by Crippen LogP contribution is -2.39. The van der Waals surface area contributed by atoms with E-state index in [1.54, 1.807) is 29.0 Å². The number of nitro groups is 1. The summed E-state index contributed by atoms with van der Waals surface area (Å²) >= 11 is 0. The van der Waals surface area contributed by atoms with Crippen LogP contribution in [-0.2, 0) is 0 Å². The lowest BCUT2D eigenvalue weighted by Gasteiger charge is -2.39. The molecule has 0 bridgehead atoms. The number of benzene rings is 1. The molecule has 1 fully saturated rings. The Morgan fingerprint density at radius 1 is 1.12 bits per heavy atom. The first-order valence-electron chi connectivity index (χ1n) is 8.47. The highest BCUT2D eigenvalue weighted by molar-refractivity contribution is 5.75. The second-order valence-electron chi connectivity index (χ2n) is 6.60. The fourth-order valence-corrected chi connectivity index (χ4v) is 3.72. The van der Waals surface area contributed by atoms with E-state index in [1.165, 1.54) is 24.6 Å². The van der Waals surface area contributed by atoms with Gasteiger partial charge < -0.3 is 4.74 Å². The first kappa shape index (κ1) is 15.6. The molecule has 6 heteroatoms. The van der Waals surface area contributed by atoms with Crippen LogP contribution in [0.3, 0.4) is 0 Å².